The summed E-state index contributed by atoms with van der Waals surface area (Å²) in [5, 5.41) is 49.7. The highest BCUT2D eigenvalue weighted by Gasteiger charge is 2.46. The third kappa shape index (κ3) is 32.9. The maximum Gasteiger partial charge on any atom is 0.329 e. The van der Waals surface area contributed by atoms with Gasteiger partial charge >= 0.3 is 36.0 Å². The van der Waals surface area contributed by atoms with Gasteiger partial charge in [0.2, 0.25) is 41.4 Å². The summed E-state index contributed by atoms with van der Waals surface area (Å²) in [6.45, 7) is 21.6. The molecule has 0 saturated carbocycles. The van der Waals surface area contributed by atoms with Crippen LogP contribution in [0.2, 0.25) is 0 Å². The van der Waals surface area contributed by atoms with Crippen LogP contribution in [-0.2, 0) is 86.4 Å². The molecule has 0 aliphatic carbocycles. The first-order chi connectivity index (χ1) is 60.9. The van der Waals surface area contributed by atoms with E-state index < -0.39 is 167 Å². The van der Waals surface area contributed by atoms with Crippen molar-refractivity contribution in [3.8, 4) is 0 Å². The lowest BCUT2D eigenvalue weighted by Gasteiger charge is -2.41. The van der Waals surface area contributed by atoms with Crippen molar-refractivity contribution in [3.05, 3.63) is 114 Å². The Balaban J connectivity index is 0.914. The number of nitrogens with zero attached hydrogens (tertiary/aromatic N) is 3. The predicted molar refractivity (Wildman–Crippen MR) is 478 cm³/mol. The molecule has 38 nitrogen and oxygen atoms in total. The number of hydrogen-bond donors (Lipinski definition) is 14. The first-order valence-corrected chi connectivity index (χ1v) is 45.1. The Morgan fingerprint density at radius 1 is 0.555 bits per heavy atom. The molecule has 0 radical (unpaired) electrons. The van der Waals surface area contributed by atoms with Crippen LogP contribution in [0.1, 0.15) is 164 Å². The van der Waals surface area contributed by atoms with Crippen LogP contribution < -0.4 is 63.2 Å². The molecule has 2 aliphatic rings. The lowest BCUT2D eigenvalue weighted by molar-refractivity contribution is -0.157. The van der Waals surface area contributed by atoms with Crippen molar-refractivity contribution < 1.29 is 109 Å². The Kier molecular flexibility index (Phi) is 43.8. The largest absolute Gasteiger partial charge is 0.481 e. The number of methoxy groups -OCH3 is 2. The topological polar surface area (TPSA) is 506 Å². The van der Waals surface area contributed by atoms with E-state index in [1.165, 1.54) is 91.9 Å². The maximum atomic E-state index is 14.7. The van der Waals surface area contributed by atoms with Crippen molar-refractivity contribution in [2.75, 3.05) is 115 Å². The van der Waals surface area contributed by atoms with Gasteiger partial charge < -0.3 is 112 Å². The molecule has 39 heteroatoms. The number of amides is 13. The van der Waals surface area contributed by atoms with Gasteiger partial charge in [-0.25, -0.2) is 27.6 Å². The lowest BCUT2D eigenvalue weighted by Crippen LogP contribution is -2.59. The van der Waals surface area contributed by atoms with Gasteiger partial charge in [-0.05, 0) is 135 Å². The van der Waals surface area contributed by atoms with Crippen LogP contribution in [0, 0.1) is 29.6 Å². The van der Waals surface area contributed by atoms with Crippen molar-refractivity contribution in [1.29, 1.82) is 0 Å². The van der Waals surface area contributed by atoms with Gasteiger partial charge in [0.05, 0.1) is 112 Å². The van der Waals surface area contributed by atoms with Gasteiger partial charge in [0.25, 0.3) is 10.0 Å². The van der Waals surface area contributed by atoms with Gasteiger partial charge in [0.1, 0.15) is 30.3 Å². The first kappa shape index (κ1) is 106. The minimum Gasteiger partial charge on any atom is -0.481 e. The number of benzene rings is 4. The van der Waals surface area contributed by atoms with E-state index in [4.69, 9.17) is 28.4 Å². The van der Waals surface area contributed by atoms with Crippen LogP contribution in [0.3, 0.4) is 0 Å². The third-order valence-electron chi connectivity index (χ3n) is 22.3. The zero-order chi connectivity index (χ0) is 94.5. The highest BCUT2D eigenvalue weighted by atomic mass is 32.2. The average Bonchev–Trinajstić information content (AvgIpc) is 1.53. The summed E-state index contributed by atoms with van der Waals surface area (Å²) < 4.78 is 64.3. The Bertz CT molecular complexity index is 4440. The molecule has 2 saturated heterocycles. The van der Waals surface area contributed by atoms with E-state index in [1.807, 2.05) is 48.5 Å². The number of aliphatic carboxylic acids is 2. The minimum absolute atomic E-state index is 0.0385. The summed E-state index contributed by atoms with van der Waals surface area (Å²) in [5.74, 6) is -8.95. The molecule has 128 heavy (non-hydrogen) atoms. The number of carboxylic acids is 2. The summed E-state index contributed by atoms with van der Waals surface area (Å²) in [4.78, 5) is 180. The molecule has 14 N–H and O–H groups in total. The molecule has 2 aliphatic heterocycles. The number of urea groups is 3. The predicted octanol–water partition coefficient (Wildman–Crippen LogP) is 7.10. The fourth-order valence-electron chi connectivity index (χ4n) is 15.4. The molecule has 14 atom stereocenters. The first-order valence-electron chi connectivity index (χ1n) is 43.6. The molecule has 4 aromatic rings. The fraction of sp³-hybridized carbons (Fsp3) is 0.584. The summed E-state index contributed by atoms with van der Waals surface area (Å²) >= 11 is 0. The summed E-state index contributed by atoms with van der Waals surface area (Å²) in [6, 6.07) is 15.8. The number of likely N-dealkylation sites (N-methyl/N-ethyl adjacent to an activating group) is 2. The molecule has 0 spiro atoms. The second-order valence-corrected chi connectivity index (χ2v) is 34.6. The van der Waals surface area contributed by atoms with E-state index in [1.54, 1.807) is 81.9 Å². The zero-order valence-corrected chi connectivity index (χ0v) is 76.8. The van der Waals surface area contributed by atoms with Gasteiger partial charge in [0, 0.05) is 76.6 Å². The maximum absolute atomic E-state index is 14.7. The number of carbonyl (C=O) groups is 13. The number of ether oxygens (including phenoxy) is 6. The molecule has 0 unspecified atom stereocenters. The fourth-order valence-corrected chi connectivity index (χ4v) is 16.5. The molecule has 13 amide bonds. The molecule has 4 aromatic carbocycles. The van der Waals surface area contributed by atoms with Crippen LogP contribution in [0.4, 0.5) is 37.1 Å². The van der Waals surface area contributed by atoms with Gasteiger partial charge in [0.15, 0.2) is 0 Å². The number of likely N-dealkylation sites (tertiary alicyclic amines) is 2. The van der Waals surface area contributed by atoms with Crippen molar-refractivity contribution >= 4 is 110 Å². The number of anilines is 4. The summed E-state index contributed by atoms with van der Waals surface area (Å²) in [7, 11) is 2.16. The number of esters is 1. The Hall–Kier alpha value is -11.1. The normalized spacial score (nSPS) is 16.7. The molecule has 0 aromatic heterocycles. The quantitative estimate of drug-likeness (QED) is 0.0155. The Morgan fingerprint density at radius 3 is 1.72 bits per heavy atom. The molecule has 2 heterocycles. The highest BCUT2D eigenvalue weighted by molar-refractivity contribution is 7.92. The Labute approximate surface area is 749 Å². The van der Waals surface area contributed by atoms with E-state index in [0.29, 0.717) is 56.4 Å². The smallest absolute Gasteiger partial charge is 0.329 e. The van der Waals surface area contributed by atoms with Crippen LogP contribution in [0.15, 0.2) is 108 Å². The zero-order valence-electron chi connectivity index (χ0n) is 76.0. The van der Waals surface area contributed by atoms with E-state index in [-0.39, 0.29) is 135 Å². The SMILES string of the molecule is CCCNC(=O)Nc1cccc(S(=O)(=O)Nc2cccc([C@@H](CC(=O)O)NC(=O)Nc3ccc(NC(=O)NCCOCCOCCOCCC(=O)N[C@@H](CC(=O)O)C(=O)N4CCC[C@H]4C(=O)N[C@H](C(=O)O[C@@H](c4ccccc4)[C@@H](C)NC(=O)[C@H](C)[C@@H](OC)[C@@H]4CCCN4C(=O)C[C@@H](OC)[C@H]([C@@H](C)CC)N(C)C(=O)[C@@H](NC(=O)[C@@H](NC)C(C)C)C(C)C)C(C)C)cc3)c2)c1. The minimum atomic E-state index is -4.20. The van der Waals surface area contributed by atoms with E-state index >= 15 is 0 Å². The molecule has 2 fully saturated rings. The van der Waals surface area contributed by atoms with Crippen LogP contribution in [-0.4, -0.2) is 265 Å². The van der Waals surface area contributed by atoms with Crippen molar-refractivity contribution in [2.45, 2.75) is 218 Å². The number of rotatable bonds is 53. The van der Waals surface area contributed by atoms with Crippen LogP contribution >= 0.6 is 0 Å². The molecular formula is C89H133N15O23S. The standard InChI is InChI=1S/C89H133N15O23S/c1-16-38-91-87(117)96-63-28-22-30-65(49-63)128(120,121)101-64-29-21-27-60(48-64)66(50-73(107)108)98-89(119)95-62-35-33-61(34-36-62)94-88(118)92-39-43-125-45-47-126-46-44-124-42-37-71(105)97-67(51-74(109)110)84(114)104-41-24-32-69(104)82(112)100-77(55(7)8)86(116)127-80(59-25-19-18-20-26-59)58(11)93-81(111)57(10)79(123-15)68-31-23-40-103(68)72(106)52-70(122-14)78(56(9)17-2)102(13)85(115)76(54(5)6)99-83(113)75(90-12)53(3)4/h18-22,25-30,33-36,48-49,53-58,66-70,75-80,90,101H,16-17,23-24,31-32,37-47,50-52H2,1-15H3,(H,93,111)(H,97,105)(H,99,113)(H,100,112)(H,107,108)(H,109,110)(H2,91,96,117)(H2,92,94,118)(H2,95,98,119)/t56-,57+,58+,66+,67-,68-,69-,70+,75-,76-,77-,78-,79+,80+/m0/s1. The van der Waals surface area contributed by atoms with Gasteiger partial charge in [-0.3, -0.25) is 47.9 Å². The van der Waals surface area contributed by atoms with Gasteiger partial charge in [-0.2, -0.15) is 0 Å². The van der Waals surface area contributed by atoms with Gasteiger partial charge in [-0.15, -0.1) is 0 Å². The highest BCUT2D eigenvalue weighted by Crippen LogP contribution is 2.33. The summed E-state index contributed by atoms with van der Waals surface area (Å²) in [6.07, 6.45) is -1.43. The van der Waals surface area contributed by atoms with Crippen LogP contribution in [0.5, 0.6) is 0 Å². The van der Waals surface area contributed by atoms with Crippen molar-refractivity contribution in [1.82, 2.24) is 57.2 Å². The summed E-state index contributed by atoms with van der Waals surface area (Å²) in [5.41, 5.74) is 1.75. The molecule has 6 rings (SSSR count). The lowest BCUT2D eigenvalue weighted by atomic mass is 9.89. The monoisotopic (exact) mass is 1810 g/mol. The van der Waals surface area contributed by atoms with Crippen molar-refractivity contribution in [3.63, 3.8) is 0 Å². The number of carbonyl (C=O) groups excluding carboxylic acids is 11. The molecular weight excluding hydrogens is 1680 g/mol. The van der Waals surface area contributed by atoms with Crippen molar-refractivity contribution in [2.24, 2.45) is 29.6 Å². The molecule has 0 bridgehead atoms. The number of nitrogens with one attached hydrogen (secondary N) is 12. The second kappa shape index (κ2) is 53.0. The van der Waals surface area contributed by atoms with E-state index in [2.05, 4.69) is 63.2 Å². The second-order valence-electron chi connectivity index (χ2n) is 33.0. The third-order valence-corrected chi connectivity index (χ3v) is 23.7. The van der Waals surface area contributed by atoms with E-state index in [0.717, 1.165) is 0 Å². The molecule has 708 valence electrons. The number of carboxylic acid groups (broad SMARTS) is 2. The number of sulfonamides is 1. The number of hydrogen-bond acceptors (Lipinski definition) is 22. The Morgan fingerprint density at radius 2 is 1.12 bits per heavy atom. The average molecular weight is 1810 g/mol. The van der Waals surface area contributed by atoms with Gasteiger partial charge in [-0.1, -0.05) is 124 Å². The van der Waals surface area contributed by atoms with Crippen LogP contribution in [0.25, 0.3) is 0 Å². The van der Waals surface area contributed by atoms with E-state index in [9.17, 15) is 81.0 Å².